The Balaban J connectivity index is 1.51. The molecule has 1 atom stereocenters. The smallest absolute Gasteiger partial charge is 0.223 e. The maximum Gasteiger partial charge on any atom is 0.223 e. The van der Waals surface area contributed by atoms with Crippen LogP contribution in [0.3, 0.4) is 0 Å². The Morgan fingerprint density at radius 1 is 1.38 bits per heavy atom. The van der Waals surface area contributed by atoms with Gasteiger partial charge in [0.25, 0.3) is 0 Å². The monoisotopic (exact) mass is 345 g/mol. The van der Waals surface area contributed by atoms with Gasteiger partial charge >= 0.3 is 0 Å². The second-order valence-corrected chi connectivity index (χ2v) is 6.92. The van der Waals surface area contributed by atoms with Crippen molar-refractivity contribution in [2.75, 3.05) is 18.4 Å². The Bertz CT molecular complexity index is 660. The van der Waals surface area contributed by atoms with E-state index in [1.54, 1.807) is 29.8 Å². The van der Waals surface area contributed by atoms with Crippen LogP contribution in [0.1, 0.15) is 48.8 Å². The summed E-state index contributed by atoms with van der Waals surface area (Å²) in [6.07, 6.45) is 8.00. The van der Waals surface area contributed by atoms with Gasteiger partial charge in [-0.1, -0.05) is 0 Å². The molecule has 1 aliphatic heterocycles. The van der Waals surface area contributed by atoms with Crippen molar-refractivity contribution in [1.82, 2.24) is 19.9 Å². The quantitative estimate of drug-likeness (QED) is 0.814. The molecule has 24 heavy (non-hydrogen) atoms. The summed E-state index contributed by atoms with van der Waals surface area (Å²) in [5.74, 6) is 0.836. The fourth-order valence-electron chi connectivity index (χ4n) is 2.99. The summed E-state index contributed by atoms with van der Waals surface area (Å²) in [6.45, 7) is 3.55. The molecule has 2 aromatic rings. The molecule has 1 saturated heterocycles. The first-order valence-electron chi connectivity index (χ1n) is 8.46. The molecule has 7 heteroatoms. The van der Waals surface area contributed by atoms with E-state index in [0.29, 0.717) is 18.9 Å². The molecular formula is C17H23N5OS. The summed E-state index contributed by atoms with van der Waals surface area (Å²) < 4.78 is 0. The van der Waals surface area contributed by atoms with Crippen LogP contribution in [0.2, 0.25) is 0 Å². The van der Waals surface area contributed by atoms with Crippen LogP contribution in [0.4, 0.5) is 5.95 Å². The molecule has 128 valence electrons. The zero-order valence-electron chi connectivity index (χ0n) is 13.9. The van der Waals surface area contributed by atoms with Crippen molar-refractivity contribution < 1.29 is 4.79 Å². The molecule has 0 aliphatic carbocycles. The largest absolute Gasteiger partial charge is 0.354 e. The van der Waals surface area contributed by atoms with Gasteiger partial charge in [-0.05, 0) is 38.7 Å². The average Bonchev–Trinajstić information content (AvgIpc) is 3.06. The van der Waals surface area contributed by atoms with Gasteiger partial charge in [-0.25, -0.2) is 15.0 Å². The van der Waals surface area contributed by atoms with E-state index < -0.39 is 0 Å². The van der Waals surface area contributed by atoms with Crippen LogP contribution in [0.25, 0.3) is 0 Å². The number of thiazole rings is 1. The number of nitrogens with one attached hydrogen (secondary N) is 1. The molecule has 1 amide bonds. The molecule has 6 nitrogen and oxygen atoms in total. The predicted molar refractivity (Wildman–Crippen MR) is 94.9 cm³/mol. The van der Waals surface area contributed by atoms with E-state index >= 15 is 0 Å². The molecule has 3 heterocycles. The number of piperidine rings is 1. The first-order valence-corrected chi connectivity index (χ1v) is 9.34. The molecule has 1 fully saturated rings. The predicted octanol–water partition coefficient (Wildman–Crippen LogP) is 3.19. The highest BCUT2D eigenvalue weighted by Gasteiger charge is 2.29. The molecule has 1 N–H and O–H groups in total. The number of carbonyl (C=O) groups is 1. The number of hydrogen-bond donors (Lipinski definition) is 1. The van der Waals surface area contributed by atoms with Crippen LogP contribution in [0, 0.1) is 6.92 Å². The van der Waals surface area contributed by atoms with Gasteiger partial charge in [0.15, 0.2) is 0 Å². The molecule has 0 saturated carbocycles. The van der Waals surface area contributed by atoms with Gasteiger partial charge in [0.2, 0.25) is 11.9 Å². The second kappa shape index (κ2) is 8.19. The van der Waals surface area contributed by atoms with Gasteiger partial charge in [0.05, 0.1) is 6.04 Å². The molecule has 0 bridgehead atoms. The number of hydrogen-bond acceptors (Lipinski definition) is 6. The van der Waals surface area contributed by atoms with Crippen molar-refractivity contribution in [3.8, 4) is 0 Å². The molecule has 1 aliphatic rings. The number of likely N-dealkylation sites (tertiary alicyclic amines) is 1. The van der Waals surface area contributed by atoms with Gasteiger partial charge in [0, 0.05) is 43.0 Å². The molecule has 0 radical (unpaired) electrons. The molecule has 2 aromatic heterocycles. The minimum Gasteiger partial charge on any atom is -0.354 e. The van der Waals surface area contributed by atoms with Gasteiger partial charge < -0.3 is 10.2 Å². The molecule has 3 rings (SSSR count). The number of nitrogens with zero attached hydrogens (tertiary/aromatic N) is 4. The van der Waals surface area contributed by atoms with Crippen LogP contribution >= 0.6 is 11.3 Å². The summed E-state index contributed by atoms with van der Waals surface area (Å²) in [7, 11) is 0. The summed E-state index contributed by atoms with van der Waals surface area (Å²) in [6, 6.07) is 1.95. The van der Waals surface area contributed by atoms with E-state index in [-0.39, 0.29) is 11.9 Å². The number of amides is 1. The third-order valence-electron chi connectivity index (χ3n) is 4.16. The molecular weight excluding hydrogens is 322 g/mol. The van der Waals surface area contributed by atoms with Crippen LogP contribution in [0.5, 0.6) is 0 Å². The molecule has 0 aromatic carbocycles. The first-order chi connectivity index (χ1) is 11.7. The maximum absolute atomic E-state index is 12.6. The lowest BCUT2D eigenvalue weighted by molar-refractivity contribution is -0.135. The highest BCUT2D eigenvalue weighted by molar-refractivity contribution is 7.09. The van der Waals surface area contributed by atoms with Gasteiger partial charge in [-0.2, -0.15) is 0 Å². The van der Waals surface area contributed by atoms with Crippen LogP contribution in [0.15, 0.2) is 23.8 Å². The molecule has 0 spiro atoms. The van der Waals surface area contributed by atoms with Crippen LogP contribution in [-0.2, 0) is 4.79 Å². The topological polar surface area (TPSA) is 71.0 Å². The zero-order chi connectivity index (χ0) is 16.8. The van der Waals surface area contributed by atoms with Crippen molar-refractivity contribution in [3.05, 3.63) is 34.5 Å². The Labute approximate surface area is 146 Å². The second-order valence-electron chi connectivity index (χ2n) is 6.03. The Hall–Kier alpha value is -2.02. The zero-order valence-corrected chi connectivity index (χ0v) is 14.8. The Kier molecular flexibility index (Phi) is 5.74. The van der Waals surface area contributed by atoms with Crippen molar-refractivity contribution in [2.45, 2.75) is 45.1 Å². The minimum atomic E-state index is 0.162. The van der Waals surface area contributed by atoms with Gasteiger partial charge in [-0.15, -0.1) is 11.3 Å². The Morgan fingerprint density at radius 2 is 2.21 bits per heavy atom. The number of carbonyl (C=O) groups excluding carboxylic acids is 1. The van der Waals surface area contributed by atoms with Crippen LogP contribution in [-0.4, -0.2) is 38.8 Å². The third kappa shape index (κ3) is 4.29. The number of rotatable bonds is 6. The van der Waals surface area contributed by atoms with Crippen molar-refractivity contribution >= 4 is 23.2 Å². The lowest BCUT2D eigenvalue weighted by atomic mass is 10.0. The van der Waals surface area contributed by atoms with E-state index in [9.17, 15) is 4.79 Å². The average molecular weight is 345 g/mol. The van der Waals surface area contributed by atoms with Gasteiger partial charge in [-0.3, -0.25) is 4.79 Å². The third-order valence-corrected chi connectivity index (χ3v) is 5.23. The van der Waals surface area contributed by atoms with E-state index in [2.05, 4.69) is 25.6 Å². The maximum atomic E-state index is 12.6. The first kappa shape index (κ1) is 16.8. The normalized spacial score (nSPS) is 17.7. The molecule has 0 unspecified atom stereocenters. The van der Waals surface area contributed by atoms with Crippen molar-refractivity contribution in [3.63, 3.8) is 0 Å². The van der Waals surface area contributed by atoms with E-state index in [0.717, 1.165) is 36.5 Å². The SMILES string of the molecule is Cc1csc([C@H]2CCCCN2C(=O)CCCNc2ncccn2)n1. The van der Waals surface area contributed by atoms with E-state index in [1.165, 1.54) is 6.42 Å². The summed E-state index contributed by atoms with van der Waals surface area (Å²) in [5, 5.41) is 6.29. The number of anilines is 1. The number of aromatic nitrogens is 3. The Morgan fingerprint density at radius 3 is 2.96 bits per heavy atom. The van der Waals surface area contributed by atoms with Crippen molar-refractivity contribution in [2.24, 2.45) is 0 Å². The summed E-state index contributed by atoms with van der Waals surface area (Å²) in [5.41, 5.74) is 1.04. The fourth-order valence-corrected chi connectivity index (χ4v) is 3.93. The summed E-state index contributed by atoms with van der Waals surface area (Å²) >= 11 is 1.67. The summed E-state index contributed by atoms with van der Waals surface area (Å²) in [4.78, 5) is 27.5. The van der Waals surface area contributed by atoms with E-state index in [4.69, 9.17) is 0 Å². The lowest BCUT2D eigenvalue weighted by Crippen LogP contribution is -2.38. The van der Waals surface area contributed by atoms with E-state index in [1.807, 2.05) is 11.8 Å². The lowest BCUT2D eigenvalue weighted by Gasteiger charge is -2.34. The van der Waals surface area contributed by atoms with Crippen LogP contribution < -0.4 is 5.32 Å². The van der Waals surface area contributed by atoms with Crippen molar-refractivity contribution in [1.29, 1.82) is 0 Å². The fraction of sp³-hybridized carbons (Fsp3) is 0.529. The highest BCUT2D eigenvalue weighted by Crippen LogP contribution is 2.33. The minimum absolute atomic E-state index is 0.162. The van der Waals surface area contributed by atoms with Gasteiger partial charge in [0.1, 0.15) is 5.01 Å². The highest BCUT2D eigenvalue weighted by atomic mass is 32.1. The standard InChI is InChI=1S/C17H23N5OS/c1-13-12-24-16(21-13)14-6-2-3-11-22(14)15(23)7-4-8-18-17-19-9-5-10-20-17/h5,9-10,12,14H,2-4,6-8,11H2,1H3,(H,18,19,20)/t14-/m1/s1. The number of aryl methyl sites for hydroxylation is 1.